The summed E-state index contributed by atoms with van der Waals surface area (Å²) in [7, 11) is 0. The van der Waals surface area contributed by atoms with Gasteiger partial charge in [0.05, 0.1) is 5.52 Å². The minimum absolute atomic E-state index is 0.0208. The Kier molecular flexibility index (Phi) is 5.03. The lowest BCUT2D eigenvalue weighted by Gasteiger charge is -2.29. The van der Waals surface area contributed by atoms with Gasteiger partial charge in [-0.15, -0.1) is 0 Å². The van der Waals surface area contributed by atoms with Crippen molar-refractivity contribution in [3.8, 4) is 0 Å². The van der Waals surface area contributed by atoms with E-state index in [1.165, 1.54) is 4.57 Å². The SMILES string of the molecule is CCC(C)N(Cc1ccccc1)C(=O)Cn1c(=O)oc2ccccc21. The van der Waals surface area contributed by atoms with Crippen molar-refractivity contribution < 1.29 is 9.21 Å². The zero-order valence-corrected chi connectivity index (χ0v) is 14.5. The third kappa shape index (κ3) is 3.65. The van der Waals surface area contributed by atoms with Crippen LogP contribution in [0, 0.1) is 0 Å². The number of rotatable bonds is 6. The van der Waals surface area contributed by atoms with E-state index in [2.05, 4.69) is 6.92 Å². The molecule has 0 radical (unpaired) electrons. The van der Waals surface area contributed by atoms with Crippen LogP contribution >= 0.6 is 0 Å². The van der Waals surface area contributed by atoms with Crippen LogP contribution in [0.25, 0.3) is 11.1 Å². The second kappa shape index (κ2) is 7.38. The van der Waals surface area contributed by atoms with Gasteiger partial charge in [0, 0.05) is 12.6 Å². The topological polar surface area (TPSA) is 55.5 Å². The van der Waals surface area contributed by atoms with Crippen molar-refractivity contribution >= 4 is 17.0 Å². The summed E-state index contributed by atoms with van der Waals surface area (Å²) in [5.74, 6) is -0.592. The lowest BCUT2D eigenvalue weighted by atomic mass is 10.1. The molecule has 3 aromatic rings. The molecule has 130 valence electrons. The van der Waals surface area contributed by atoms with E-state index in [0.717, 1.165) is 12.0 Å². The molecule has 1 amide bonds. The van der Waals surface area contributed by atoms with Gasteiger partial charge in [-0.2, -0.15) is 0 Å². The zero-order chi connectivity index (χ0) is 17.8. The summed E-state index contributed by atoms with van der Waals surface area (Å²) in [5.41, 5.74) is 2.21. The van der Waals surface area contributed by atoms with Crippen LogP contribution in [0.5, 0.6) is 0 Å². The third-order valence-electron chi connectivity index (χ3n) is 4.51. The number of para-hydroxylation sites is 2. The van der Waals surface area contributed by atoms with E-state index < -0.39 is 5.76 Å². The van der Waals surface area contributed by atoms with Gasteiger partial charge in [-0.05, 0) is 31.0 Å². The minimum Gasteiger partial charge on any atom is -0.408 e. The van der Waals surface area contributed by atoms with Crippen molar-refractivity contribution in [2.24, 2.45) is 0 Å². The van der Waals surface area contributed by atoms with Crippen LogP contribution in [-0.4, -0.2) is 21.4 Å². The van der Waals surface area contributed by atoms with E-state index in [0.29, 0.717) is 17.6 Å². The lowest BCUT2D eigenvalue weighted by Crippen LogP contribution is -2.40. The highest BCUT2D eigenvalue weighted by molar-refractivity contribution is 5.79. The molecule has 0 bridgehead atoms. The number of hydrogen-bond acceptors (Lipinski definition) is 3. The third-order valence-corrected chi connectivity index (χ3v) is 4.51. The maximum absolute atomic E-state index is 12.9. The first kappa shape index (κ1) is 17.0. The average molecular weight is 338 g/mol. The van der Waals surface area contributed by atoms with Crippen LogP contribution in [-0.2, 0) is 17.9 Å². The quantitative estimate of drug-likeness (QED) is 0.692. The molecule has 0 aliphatic carbocycles. The summed E-state index contributed by atoms with van der Waals surface area (Å²) >= 11 is 0. The van der Waals surface area contributed by atoms with Crippen molar-refractivity contribution in [1.82, 2.24) is 9.47 Å². The predicted octanol–water partition coefficient (Wildman–Crippen LogP) is 3.42. The summed E-state index contributed by atoms with van der Waals surface area (Å²) in [6.45, 7) is 4.58. The molecule has 1 aromatic heterocycles. The molecule has 0 N–H and O–H groups in total. The number of fused-ring (bicyclic) bond motifs is 1. The fourth-order valence-electron chi connectivity index (χ4n) is 2.88. The Morgan fingerprint density at radius 3 is 2.52 bits per heavy atom. The smallest absolute Gasteiger partial charge is 0.408 e. The van der Waals surface area contributed by atoms with Gasteiger partial charge >= 0.3 is 5.76 Å². The monoisotopic (exact) mass is 338 g/mol. The normalized spacial score (nSPS) is 12.2. The van der Waals surface area contributed by atoms with Crippen LogP contribution in [0.15, 0.2) is 63.8 Å². The zero-order valence-electron chi connectivity index (χ0n) is 14.5. The lowest BCUT2D eigenvalue weighted by molar-refractivity contribution is -0.134. The molecule has 5 heteroatoms. The Balaban J connectivity index is 1.87. The average Bonchev–Trinajstić information content (AvgIpc) is 2.95. The van der Waals surface area contributed by atoms with Crippen molar-refractivity contribution in [3.05, 3.63) is 70.7 Å². The van der Waals surface area contributed by atoms with Gasteiger partial charge in [-0.25, -0.2) is 4.79 Å². The van der Waals surface area contributed by atoms with E-state index in [1.54, 1.807) is 18.2 Å². The number of oxazole rings is 1. The standard InChI is InChI=1S/C20H22N2O3/c1-3-15(2)21(13-16-9-5-4-6-10-16)19(23)14-22-17-11-7-8-12-18(17)25-20(22)24/h4-12,15H,3,13-14H2,1-2H3. The van der Waals surface area contributed by atoms with Crippen LogP contribution in [0.2, 0.25) is 0 Å². The first-order valence-corrected chi connectivity index (χ1v) is 8.52. The number of amides is 1. The summed E-state index contributed by atoms with van der Waals surface area (Å²) in [4.78, 5) is 26.9. The number of carbonyl (C=O) groups excluding carboxylic acids is 1. The summed E-state index contributed by atoms with van der Waals surface area (Å²) in [6.07, 6.45) is 0.847. The Morgan fingerprint density at radius 1 is 1.12 bits per heavy atom. The molecule has 0 aliphatic heterocycles. The summed E-state index contributed by atoms with van der Waals surface area (Å²) < 4.78 is 6.62. The van der Waals surface area contributed by atoms with E-state index in [1.807, 2.05) is 48.2 Å². The van der Waals surface area contributed by atoms with Crippen LogP contribution in [0.1, 0.15) is 25.8 Å². The largest absolute Gasteiger partial charge is 0.420 e. The Labute approximate surface area is 146 Å². The number of hydrogen-bond donors (Lipinski definition) is 0. The Hall–Kier alpha value is -2.82. The molecule has 0 saturated carbocycles. The van der Waals surface area contributed by atoms with Crippen LogP contribution in [0.4, 0.5) is 0 Å². The molecule has 1 heterocycles. The highest BCUT2D eigenvalue weighted by atomic mass is 16.4. The van der Waals surface area contributed by atoms with Gasteiger partial charge in [0.25, 0.3) is 0 Å². The predicted molar refractivity (Wildman–Crippen MR) is 97.2 cm³/mol. The van der Waals surface area contributed by atoms with E-state index in [4.69, 9.17) is 4.42 Å². The number of carbonyl (C=O) groups is 1. The molecule has 0 saturated heterocycles. The van der Waals surface area contributed by atoms with Crippen LogP contribution < -0.4 is 5.76 Å². The second-order valence-corrected chi connectivity index (χ2v) is 6.19. The number of aromatic nitrogens is 1. The Morgan fingerprint density at radius 2 is 1.80 bits per heavy atom. The first-order valence-electron chi connectivity index (χ1n) is 8.52. The van der Waals surface area contributed by atoms with Crippen molar-refractivity contribution in [3.63, 3.8) is 0 Å². The summed E-state index contributed by atoms with van der Waals surface area (Å²) in [5, 5.41) is 0. The van der Waals surface area contributed by atoms with Crippen LogP contribution in [0.3, 0.4) is 0 Å². The molecule has 0 fully saturated rings. The molecule has 1 atom stereocenters. The maximum atomic E-state index is 12.9. The molecule has 25 heavy (non-hydrogen) atoms. The first-order chi connectivity index (χ1) is 12.1. The van der Waals surface area contributed by atoms with Gasteiger partial charge in [-0.1, -0.05) is 49.4 Å². The number of benzene rings is 2. The molecule has 2 aromatic carbocycles. The highest BCUT2D eigenvalue weighted by Crippen LogP contribution is 2.15. The van der Waals surface area contributed by atoms with Crippen molar-refractivity contribution in [2.45, 2.75) is 39.4 Å². The molecule has 1 unspecified atom stereocenters. The van der Waals surface area contributed by atoms with E-state index in [-0.39, 0.29) is 18.5 Å². The van der Waals surface area contributed by atoms with Crippen molar-refractivity contribution in [1.29, 1.82) is 0 Å². The minimum atomic E-state index is -0.502. The fourth-order valence-corrected chi connectivity index (χ4v) is 2.88. The van der Waals surface area contributed by atoms with Gasteiger partial charge in [0.15, 0.2) is 5.58 Å². The molecule has 0 aliphatic rings. The second-order valence-electron chi connectivity index (χ2n) is 6.19. The van der Waals surface area contributed by atoms with Gasteiger partial charge in [0.1, 0.15) is 6.54 Å². The molecule has 0 spiro atoms. The Bertz CT molecular complexity index is 911. The molecule has 5 nitrogen and oxygen atoms in total. The molecule has 3 rings (SSSR count). The number of nitrogens with zero attached hydrogens (tertiary/aromatic N) is 2. The molecular formula is C20H22N2O3. The summed E-state index contributed by atoms with van der Waals surface area (Å²) in [6, 6.07) is 17.1. The highest BCUT2D eigenvalue weighted by Gasteiger charge is 2.21. The van der Waals surface area contributed by atoms with E-state index >= 15 is 0 Å². The molecular weight excluding hydrogens is 316 g/mol. The maximum Gasteiger partial charge on any atom is 0.420 e. The van der Waals surface area contributed by atoms with Gasteiger partial charge in [0.2, 0.25) is 5.91 Å². The van der Waals surface area contributed by atoms with E-state index in [9.17, 15) is 9.59 Å². The van der Waals surface area contributed by atoms with Gasteiger partial charge in [-0.3, -0.25) is 9.36 Å². The fraction of sp³-hybridized carbons (Fsp3) is 0.300. The van der Waals surface area contributed by atoms with Gasteiger partial charge < -0.3 is 9.32 Å². The van der Waals surface area contributed by atoms with Crippen molar-refractivity contribution in [2.75, 3.05) is 0 Å².